The number of carbonyl (C=O) groups excluding carboxylic acids is 2. The highest BCUT2D eigenvalue weighted by molar-refractivity contribution is 7.92. The number of halogens is 2. The van der Waals surface area contributed by atoms with Crippen molar-refractivity contribution >= 4 is 50.7 Å². The van der Waals surface area contributed by atoms with E-state index in [0.29, 0.717) is 24.3 Å². The summed E-state index contributed by atoms with van der Waals surface area (Å²) in [5, 5.41) is 3.05. The summed E-state index contributed by atoms with van der Waals surface area (Å²) in [5.41, 5.74) is 1.63. The number of sulfonamides is 1. The van der Waals surface area contributed by atoms with E-state index in [1.165, 1.54) is 24.1 Å². The highest BCUT2D eigenvalue weighted by atomic mass is 35.5. The molecule has 0 aliphatic heterocycles. The van der Waals surface area contributed by atoms with Gasteiger partial charge in [-0.15, -0.1) is 0 Å². The van der Waals surface area contributed by atoms with Crippen LogP contribution in [0.5, 0.6) is 5.75 Å². The number of anilines is 1. The van der Waals surface area contributed by atoms with Crippen molar-refractivity contribution in [2.75, 3.05) is 30.8 Å². The Labute approximate surface area is 245 Å². The second-order valence-electron chi connectivity index (χ2n) is 9.21. The van der Waals surface area contributed by atoms with Gasteiger partial charge in [-0.25, -0.2) is 8.42 Å². The number of rotatable bonds is 13. The maximum absolute atomic E-state index is 14.1. The molecule has 0 bridgehead atoms. The zero-order valence-corrected chi connectivity index (χ0v) is 25.0. The average Bonchev–Trinajstić information content (AvgIpc) is 2.94. The van der Waals surface area contributed by atoms with Gasteiger partial charge in [0.25, 0.3) is 0 Å². The monoisotopic (exact) mass is 605 g/mol. The molecule has 8 nitrogen and oxygen atoms in total. The predicted octanol–water partition coefficient (Wildman–Crippen LogP) is 4.93. The van der Waals surface area contributed by atoms with Crippen LogP contribution in [0.4, 0.5) is 5.69 Å². The van der Waals surface area contributed by atoms with E-state index in [1.54, 1.807) is 24.3 Å². The smallest absolute Gasteiger partial charge is 0.244 e. The first-order valence-electron chi connectivity index (χ1n) is 12.7. The first kappa shape index (κ1) is 31.3. The third-order valence-electron chi connectivity index (χ3n) is 6.19. The van der Waals surface area contributed by atoms with Gasteiger partial charge in [-0.2, -0.15) is 0 Å². The molecular formula is C29H33Cl2N3O5S. The molecule has 40 heavy (non-hydrogen) atoms. The maximum Gasteiger partial charge on any atom is 0.244 e. The number of carbonyl (C=O) groups is 2. The lowest BCUT2D eigenvalue weighted by Gasteiger charge is -2.33. The van der Waals surface area contributed by atoms with E-state index in [1.807, 2.05) is 43.3 Å². The number of benzene rings is 3. The predicted molar refractivity (Wildman–Crippen MR) is 159 cm³/mol. The fraction of sp³-hybridized carbons (Fsp3) is 0.310. The molecule has 0 spiro atoms. The van der Waals surface area contributed by atoms with E-state index in [2.05, 4.69) is 5.32 Å². The zero-order chi connectivity index (χ0) is 29.3. The van der Waals surface area contributed by atoms with E-state index in [4.69, 9.17) is 27.9 Å². The highest BCUT2D eigenvalue weighted by Gasteiger charge is 2.33. The molecule has 0 saturated carbocycles. The molecule has 3 aromatic carbocycles. The Morgan fingerprint density at radius 3 is 2.30 bits per heavy atom. The molecule has 0 radical (unpaired) electrons. The molecule has 1 N–H and O–H groups in total. The molecule has 0 fully saturated rings. The van der Waals surface area contributed by atoms with Gasteiger partial charge in [-0.3, -0.25) is 13.9 Å². The van der Waals surface area contributed by atoms with Crippen LogP contribution in [0.1, 0.15) is 24.5 Å². The van der Waals surface area contributed by atoms with Crippen molar-refractivity contribution in [2.45, 2.75) is 32.4 Å². The normalized spacial score (nSPS) is 11.9. The fourth-order valence-electron chi connectivity index (χ4n) is 4.17. The van der Waals surface area contributed by atoms with Crippen molar-refractivity contribution in [3.8, 4) is 5.75 Å². The largest absolute Gasteiger partial charge is 0.497 e. The number of nitrogens with one attached hydrogen (secondary N) is 1. The van der Waals surface area contributed by atoms with Gasteiger partial charge in [-0.1, -0.05) is 78.7 Å². The molecule has 0 saturated heterocycles. The Bertz CT molecular complexity index is 1420. The first-order valence-corrected chi connectivity index (χ1v) is 15.3. The molecule has 3 aromatic rings. The molecule has 1 unspecified atom stereocenters. The summed E-state index contributed by atoms with van der Waals surface area (Å²) in [6.45, 7) is 1.81. The molecule has 0 aliphatic rings. The van der Waals surface area contributed by atoms with Crippen LogP contribution in [0, 0.1) is 0 Å². The summed E-state index contributed by atoms with van der Waals surface area (Å²) < 4.78 is 32.0. The molecule has 11 heteroatoms. The van der Waals surface area contributed by atoms with Crippen molar-refractivity contribution in [3.63, 3.8) is 0 Å². The van der Waals surface area contributed by atoms with E-state index in [0.717, 1.165) is 16.1 Å². The Morgan fingerprint density at radius 1 is 0.975 bits per heavy atom. The lowest BCUT2D eigenvalue weighted by molar-refractivity contribution is -0.140. The molecule has 0 aromatic heterocycles. The van der Waals surface area contributed by atoms with Crippen molar-refractivity contribution in [2.24, 2.45) is 0 Å². The number of methoxy groups -OCH3 is 1. The Kier molecular flexibility index (Phi) is 11.2. The van der Waals surface area contributed by atoms with Gasteiger partial charge in [0.05, 0.1) is 29.1 Å². The molecule has 214 valence electrons. The quantitative estimate of drug-likeness (QED) is 0.298. The van der Waals surface area contributed by atoms with E-state index in [-0.39, 0.29) is 34.6 Å². The maximum atomic E-state index is 14.1. The van der Waals surface area contributed by atoms with Gasteiger partial charge < -0.3 is 15.0 Å². The van der Waals surface area contributed by atoms with Gasteiger partial charge in [0.15, 0.2) is 0 Å². The van der Waals surface area contributed by atoms with E-state index < -0.39 is 28.5 Å². The fourth-order valence-corrected chi connectivity index (χ4v) is 5.47. The van der Waals surface area contributed by atoms with Crippen LogP contribution in [-0.2, 0) is 32.6 Å². The second-order valence-corrected chi connectivity index (χ2v) is 11.9. The van der Waals surface area contributed by atoms with Crippen LogP contribution >= 0.6 is 23.2 Å². The summed E-state index contributed by atoms with van der Waals surface area (Å²) in [7, 11) is -2.43. The summed E-state index contributed by atoms with van der Waals surface area (Å²) in [6, 6.07) is 20.1. The molecule has 0 heterocycles. The van der Waals surface area contributed by atoms with Crippen LogP contribution < -0.4 is 14.4 Å². The molecule has 1 atom stereocenters. The van der Waals surface area contributed by atoms with Crippen molar-refractivity contribution in [1.29, 1.82) is 0 Å². The lowest BCUT2D eigenvalue weighted by Crippen LogP contribution is -2.53. The number of nitrogens with zero attached hydrogens (tertiary/aromatic N) is 2. The summed E-state index contributed by atoms with van der Waals surface area (Å²) in [4.78, 5) is 29.0. The highest BCUT2D eigenvalue weighted by Crippen LogP contribution is 2.34. The summed E-state index contributed by atoms with van der Waals surface area (Å²) in [5.74, 6) is -0.339. The van der Waals surface area contributed by atoms with Crippen molar-refractivity contribution in [3.05, 3.63) is 94.0 Å². The van der Waals surface area contributed by atoms with Crippen LogP contribution in [0.3, 0.4) is 0 Å². The topological polar surface area (TPSA) is 96.0 Å². The molecule has 3 rings (SSSR count). The van der Waals surface area contributed by atoms with Gasteiger partial charge in [0.1, 0.15) is 18.3 Å². The SMILES string of the molecule is CCCNC(=O)C(Cc1ccccc1)N(Cc1cccc(OC)c1)C(=O)CN(c1cccc(Cl)c1Cl)S(C)(=O)=O. The minimum Gasteiger partial charge on any atom is -0.497 e. The molecular weight excluding hydrogens is 573 g/mol. The van der Waals surface area contributed by atoms with Gasteiger partial charge in [0, 0.05) is 19.5 Å². The molecule has 2 amide bonds. The Morgan fingerprint density at radius 2 is 1.65 bits per heavy atom. The van der Waals surface area contributed by atoms with Gasteiger partial charge in [-0.05, 0) is 41.8 Å². The summed E-state index contributed by atoms with van der Waals surface area (Å²) >= 11 is 12.5. The minimum atomic E-state index is -3.97. The van der Waals surface area contributed by atoms with Crippen LogP contribution in [0.15, 0.2) is 72.8 Å². The van der Waals surface area contributed by atoms with E-state index >= 15 is 0 Å². The Hall–Kier alpha value is -3.27. The second kappa shape index (κ2) is 14.4. The van der Waals surface area contributed by atoms with Gasteiger partial charge in [0.2, 0.25) is 21.8 Å². The number of amides is 2. The average molecular weight is 607 g/mol. The first-order chi connectivity index (χ1) is 19.0. The van der Waals surface area contributed by atoms with E-state index in [9.17, 15) is 18.0 Å². The number of hydrogen-bond donors (Lipinski definition) is 1. The zero-order valence-electron chi connectivity index (χ0n) is 22.6. The third kappa shape index (κ3) is 8.36. The van der Waals surface area contributed by atoms with Crippen LogP contribution in [0.2, 0.25) is 10.0 Å². The number of hydrogen-bond acceptors (Lipinski definition) is 5. The summed E-state index contributed by atoms with van der Waals surface area (Å²) in [6.07, 6.45) is 1.92. The van der Waals surface area contributed by atoms with Crippen molar-refractivity contribution < 1.29 is 22.7 Å². The lowest BCUT2D eigenvalue weighted by atomic mass is 10.0. The Balaban J connectivity index is 2.08. The van der Waals surface area contributed by atoms with Crippen molar-refractivity contribution in [1.82, 2.24) is 10.2 Å². The van der Waals surface area contributed by atoms with Crippen LogP contribution in [0.25, 0.3) is 0 Å². The standard InChI is InChI=1S/C29H33Cl2N3O5S/c1-4-16-32-29(36)26(18-21-10-6-5-7-11-21)33(19-22-12-8-13-23(17-22)39-2)27(35)20-34(40(3,37)38)25-15-9-14-24(30)28(25)31/h5-15,17,26H,4,16,18-20H2,1-3H3,(H,32,36). The van der Waals surface area contributed by atoms with Crippen LogP contribution in [-0.4, -0.2) is 57.6 Å². The number of ether oxygens (including phenoxy) is 1. The van der Waals surface area contributed by atoms with Gasteiger partial charge >= 0.3 is 0 Å². The minimum absolute atomic E-state index is 0.00302. The third-order valence-corrected chi connectivity index (χ3v) is 8.12. The molecule has 0 aliphatic carbocycles.